The number of nitrogens with zero attached hydrogens (tertiary/aromatic N) is 3. The highest BCUT2D eigenvalue weighted by molar-refractivity contribution is 8.04. The summed E-state index contributed by atoms with van der Waals surface area (Å²) in [6.07, 6.45) is 7.24. The van der Waals surface area contributed by atoms with Gasteiger partial charge in [-0.2, -0.15) is 0 Å². The minimum Gasteiger partial charge on any atom is -0.347 e. The Hall–Kier alpha value is -3.63. The lowest BCUT2D eigenvalue weighted by atomic mass is 9.86. The second-order valence-electron chi connectivity index (χ2n) is 10.0. The number of hydrogen-bond donors (Lipinski definition) is 3. The van der Waals surface area contributed by atoms with Gasteiger partial charge in [0.25, 0.3) is 5.91 Å². The van der Waals surface area contributed by atoms with Gasteiger partial charge in [-0.1, -0.05) is 48.7 Å². The van der Waals surface area contributed by atoms with Gasteiger partial charge >= 0.3 is 6.03 Å². The monoisotopic (exact) mass is 530 g/mol. The molecule has 9 nitrogen and oxygen atoms in total. The number of pyridine rings is 1. The van der Waals surface area contributed by atoms with E-state index in [2.05, 4.69) is 27.5 Å². The van der Waals surface area contributed by atoms with Crippen molar-refractivity contribution in [3.8, 4) is 11.1 Å². The number of benzene rings is 1. The lowest BCUT2D eigenvalue weighted by Crippen LogP contribution is -2.62. The number of aromatic nitrogens is 1. The summed E-state index contributed by atoms with van der Waals surface area (Å²) in [5.41, 5.74) is 3.41. The van der Waals surface area contributed by atoms with Crippen molar-refractivity contribution in [1.29, 1.82) is 0 Å². The highest BCUT2D eigenvalue weighted by atomic mass is 32.2. The van der Waals surface area contributed by atoms with Crippen LogP contribution >= 0.6 is 11.8 Å². The molecule has 0 radical (unpaired) electrons. The van der Waals surface area contributed by atoms with Gasteiger partial charge in [-0.3, -0.25) is 19.5 Å². The molecule has 3 unspecified atom stereocenters. The molecule has 0 saturated carbocycles. The fourth-order valence-electron chi connectivity index (χ4n) is 5.95. The van der Waals surface area contributed by atoms with E-state index in [0.717, 1.165) is 42.6 Å². The van der Waals surface area contributed by atoms with Crippen LogP contribution in [0.1, 0.15) is 19.3 Å². The standard InChI is InChI=1S/C28H30N6O3S/c1-2-22(35)33-12-6-9-19(16-33)31-26(36)25-24-23-21(10-11-30-27(23)38-25)34(28(37)32-24)20-13-18(14-29-15-20)17-7-4-3-5-8-17/h2-5,7-8,13-15,19,21,23,27,30H,1,6,9-12,16H2,(H,31,36)(H,32,37)/t19-,21?,23?,27?/m1/s1. The molecule has 0 spiro atoms. The van der Waals surface area contributed by atoms with Crippen LogP contribution in [-0.2, 0) is 9.59 Å². The second kappa shape index (κ2) is 10.3. The van der Waals surface area contributed by atoms with Crippen LogP contribution in [0.25, 0.3) is 11.1 Å². The van der Waals surface area contributed by atoms with E-state index < -0.39 is 0 Å². The maximum Gasteiger partial charge on any atom is 0.326 e. The Morgan fingerprint density at radius 1 is 1.16 bits per heavy atom. The van der Waals surface area contributed by atoms with Gasteiger partial charge in [0.05, 0.1) is 28.2 Å². The summed E-state index contributed by atoms with van der Waals surface area (Å²) in [6, 6.07) is 11.5. The minimum atomic E-state index is -0.248. The van der Waals surface area contributed by atoms with E-state index in [9.17, 15) is 14.4 Å². The van der Waals surface area contributed by atoms with E-state index in [0.29, 0.717) is 23.7 Å². The van der Waals surface area contributed by atoms with E-state index in [1.807, 2.05) is 41.3 Å². The van der Waals surface area contributed by atoms with Crippen molar-refractivity contribution in [2.45, 2.75) is 36.7 Å². The van der Waals surface area contributed by atoms with Crippen LogP contribution in [0.5, 0.6) is 0 Å². The summed E-state index contributed by atoms with van der Waals surface area (Å²) >= 11 is 1.48. The van der Waals surface area contributed by atoms with Gasteiger partial charge < -0.3 is 20.9 Å². The van der Waals surface area contributed by atoms with Crippen molar-refractivity contribution in [2.75, 3.05) is 24.5 Å². The first-order chi connectivity index (χ1) is 18.5. The summed E-state index contributed by atoms with van der Waals surface area (Å²) in [7, 11) is 0. The zero-order chi connectivity index (χ0) is 26.2. The van der Waals surface area contributed by atoms with Crippen LogP contribution < -0.4 is 20.9 Å². The van der Waals surface area contributed by atoms with Crippen molar-refractivity contribution in [2.24, 2.45) is 5.92 Å². The lowest BCUT2D eigenvalue weighted by molar-refractivity contribution is -0.128. The van der Waals surface area contributed by atoms with Crippen molar-refractivity contribution in [1.82, 2.24) is 25.8 Å². The highest BCUT2D eigenvalue weighted by Crippen LogP contribution is 2.48. The lowest BCUT2D eigenvalue weighted by Gasteiger charge is -2.45. The Balaban J connectivity index is 1.25. The van der Waals surface area contributed by atoms with Gasteiger partial charge in [-0.25, -0.2) is 4.79 Å². The average Bonchev–Trinajstić information content (AvgIpc) is 3.33. The normalized spacial score (nSPS) is 26.5. The quantitative estimate of drug-likeness (QED) is 0.514. The molecular formula is C28H30N6O3S. The van der Waals surface area contributed by atoms with Crippen LogP contribution in [-0.4, -0.2) is 64.8 Å². The van der Waals surface area contributed by atoms with Crippen molar-refractivity contribution in [3.05, 3.63) is 72.0 Å². The van der Waals surface area contributed by atoms with Crippen LogP contribution in [0.4, 0.5) is 10.5 Å². The topological polar surface area (TPSA) is 107 Å². The molecule has 4 aliphatic rings. The van der Waals surface area contributed by atoms with Gasteiger partial charge in [0.2, 0.25) is 5.91 Å². The van der Waals surface area contributed by atoms with E-state index in [4.69, 9.17) is 0 Å². The number of urea groups is 1. The van der Waals surface area contributed by atoms with Gasteiger partial charge in [-0.15, -0.1) is 0 Å². The Labute approximate surface area is 225 Å². The van der Waals surface area contributed by atoms with E-state index in [1.165, 1.54) is 17.8 Å². The zero-order valence-electron chi connectivity index (χ0n) is 20.9. The van der Waals surface area contributed by atoms with Crippen molar-refractivity contribution >= 4 is 35.3 Å². The predicted molar refractivity (Wildman–Crippen MR) is 147 cm³/mol. The molecule has 2 aromatic rings. The first kappa shape index (κ1) is 24.7. The molecule has 3 saturated heterocycles. The minimum absolute atomic E-state index is 0.0111. The molecule has 4 amide bonds. The maximum absolute atomic E-state index is 13.5. The Morgan fingerprint density at radius 2 is 2.00 bits per heavy atom. The Bertz CT molecular complexity index is 1310. The molecular weight excluding hydrogens is 500 g/mol. The first-order valence-corrected chi connectivity index (χ1v) is 13.9. The smallest absolute Gasteiger partial charge is 0.326 e. The zero-order valence-corrected chi connectivity index (χ0v) is 21.7. The predicted octanol–water partition coefficient (Wildman–Crippen LogP) is 2.83. The summed E-state index contributed by atoms with van der Waals surface area (Å²) in [4.78, 5) is 47.6. The third kappa shape index (κ3) is 4.48. The Morgan fingerprint density at radius 3 is 2.82 bits per heavy atom. The van der Waals surface area contributed by atoms with Crippen LogP contribution in [0.3, 0.4) is 0 Å². The molecule has 10 heteroatoms. The number of rotatable bonds is 5. The van der Waals surface area contributed by atoms with Crippen LogP contribution in [0.2, 0.25) is 0 Å². The van der Waals surface area contributed by atoms with E-state index in [1.54, 1.807) is 17.3 Å². The molecule has 3 N–H and O–H groups in total. The molecule has 0 bridgehead atoms. The molecule has 1 aromatic carbocycles. The third-order valence-corrected chi connectivity index (χ3v) is 9.05. The van der Waals surface area contributed by atoms with E-state index >= 15 is 0 Å². The molecule has 4 atom stereocenters. The second-order valence-corrected chi connectivity index (χ2v) is 11.2. The number of anilines is 1. The molecule has 6 rings (SSSR count). The number of carbonyl (C=O) groups is 3. The number of piperidine rings is 2. The van der Waals surface area contributed by atoms with E-state index in [-0.39, 0.29) is 41.2 Å². The molecule has 3 fully saturated rings. The number of hydrogen-bond acceptors (Lipinski definition) is 6. The van der Waals surface area contributed by atoms with Crippen molar-refractivity contribution in [3.63, 3.8) is 0 Å². The average molecular weight is 531 g/mol. The molecule has 0 aliphatic carbocycles. The first-order valence-electron chi connectivity index (χ1n) is 13.0. The Kier molecular flexibility index (Phi) is 6.67. The molecule has 1 aromatic heterocycles. The van der Waals surface area contributed by atoms with Gasteiger partial charge in [0.1, 0.15) is 0 Å². The van der Waals surface area contributed by atoms with Crippen molar-refractivity contribution < 1.29 is 14.4 Å². The number of thioether (sulfide) groups is 1. The molecule has 5 heterocycles. The highest BCUT2D eigenvalue weighted by Gasteiger charge is 2.52. The largest absolute Gasteiger partial charge is 0.347 e. The summed E-state index contributed by atoms with van der Waals surface area (Å²) in [6.45, 7) is 5.45. The SMILES string of the molecule is C=CC(=O)N1CCC[C@@H](NC(=O)C2=C3NC(=O)N(c4cncc(-c5ccccc5)c4)C4CCNC(S2)C34)C1. The fourth-order valence-corrected chi connectivity index (χ4v) is 7.35. The third-order valence-electron chi connectivity index (χ3n) is 7.70. The maximum atomic E-state index is 13.5. The van der Waals surface area contributed by atoms with Gasteiger partial charge in [0, 0.05) is 42.5 Å². The molecule has 38 heavy (non-hydrogen) atoms. The van der Waals surface area contributed by atoms with Gasteiger partial charge in [0.15, 0.2) is 0 Å². The number of carbonyl (C=O) groups excluding carboxylic acids is 3. The van der Waals surface area contributed by atoms with Gasteiger partial charge in [-0.05, 0) is 43.5 Å². The summed E-state index contributed by atoms with van der Waals surface area (Å²) in [5.74, 6) is -0.359. The number of likely N-dealkylation sites (tertiary alicyclic amines) is 1. The van der Waals surface area contributed by atoms with Crippen LogP contribution in [0, 0.1) is 5.92 Å². The molecule has 196 valence electrons. The summed E-state index contributed by atoms with van der Waals surface area (Å²) in [5, 5.41) is 9.70. The fraction of sp³-hybridized carbons (Fsp3) is 0.357. The summed E-state index contributed by atoms with van der Waals surface area (Å²) < 4.78 is 0. The molecule has 4 aliphatic heterocycles. The van der Waals surface area contributed by atoms with Crippen LogP contribution in [0.15, 0.2) is 72.0 Å². The number of amides is 4. The number of nitrogens with one attached hydrogen (secondary N) is 3.